The van der Waals surface area contributed by atoms with Crippen LogP contribution >= 0.6 is 0 Å². The smallest absolute Gasteiger partial charge is 0.321 e. The van der Waals surface area contributed by atoms with Gasteiger partial charge in [-0.1, -0.05) is 19.1 Å². The quantitative estimate of drug-likeness (QED) is 0.672. The summed E-state index contributed by atoms with van der Waals surface area (Å²) < 4.78 is 0. The van der Waals surface area contributed by atoms with Gasteiger partial charge in [0, 0.05) is 63.8 Å². The van der Waals surface area contributed by atoms with Crippen molar-refractivity contribution >= 4 is 34.8 Å². The largest absolute Gasteiger partial charge is 0.378 e. The van der Waals surface area contributed by atoms with Gasteiger partial charge < -0.3 is 30.2 Å². The van der Waals surface area contributed by atoms with Crippen LogP contribution in [0.3, 0.4) is 0 Å². The number of aliphatic imine (C=N–C) groups is 1. The number of benzodiazepines with no additional fused rings is 1. The Morgan fingerprint density at radius 3 is 2.53 bits per heavy atom. The third-order valence-electron chi connectivity index (χ3n) is 6.57. The van der Waals surface area contributed by atoms with Gasteiger partial charge >= 0.3 is 6.03 Å². The Balaban J connectivity index is 1.72. The Morgan fingerprint density at radius 1 is 1.11 bits per heavy atom. The van der Waals surface area contributed by atoms with Crippen molar-refractivity contribution in [3.05, 3.63) is 53.6 Å². The van der Waals surface area contributed by atoms with Crippen LogP contribution in [0.1, 0.15) is 24.5 Å². The summed E-state index contributed by atoms with van der Waals surface area (Å²) in [5.74, 6) is 0.508. The number of anilines is 3. The molecule has 2 aromatic rings. The predicted molar refractivity (Wildman–Crippen MR) is 146 cm³/mol. The van der Waals surface area contributed by atoms with Crippen molar-refractivity contribution in [1.29, 1.82) is 0 Å². The second-order valence-electron chi connectivity index (χ2n) is 9.70. The van der Waals surface area contributed by atoms with E-state index < -0.39 is 12.2 Å². The van der Waals surface area contributed by atoms with Crippen LogP contribution in [0.2, 0.25) is 0 Å². The number of rotatable bonds is 5. The van der Waals surface area contributed by atoms with E-state index in [1.807, 2.05) is 69.2 Å². The van der Waals surface area contributed by atoms with Gasteiger partial charge in [0.2, 0.25) is 6.17 Å². The van der Waals surface area contributed by atoms with Crippen LogP contribution in [0, 0.1) is 6.92 Å². The first kappa shape index (κ1) is 25.5. The number of carbonyl (C=O) groups excluding carboxylic acids is 2. The first-order chi connectivity index (χ1) is 17.3. The van der Waals surface area contributed by atoms with Gasteiger partial charge in [-0.25, -0.2) is 9.79 Å². The maximum Gasteiger partial charge on any atom is 0.321 e. The molecule has 2 aromatic carbocycles. The number of benzene rings is 2. The van der Waals surface area contributed by atoms with Crippen molar-refractivity contribution in [2.75, 3.05) is 69.0 Å². The van der Waals surface area contributed by atoms with E-state index in [4.69, 9.17) is 4.99 Å². The summed E-state index contributed by atoms with van der Waals surface area (Å²) in [6.45, 7) is 7.95. The monoisotopic (exact) mass is 491 g/mol. The Labute approximate surface area is 213 Å². The maximum absolute atomic E-state index is 13.8. The Kier molecular flexibility index (Phi) is 7.79. The topological polar surface area (TPSA) is 83.5 Å². The number of hydrogen-bond donors (Lipinski definition) is 2. The normalized spacial score (nSPS) is 18.3. The van der Waals surface area contributed by atoms with E-state index in [1.54, 1.807) is 4.90 Å². The molecule has 192 valence electrons. The summed E-state index contributed by atoms with van der Waals surface area (Å²) in [7, 11) is 6.08. The van der Waals surface area contributed by atoms with Crippen LogP contribution in [0.4, 0.5) is 21.9 Å². The van der Waals surface area contributed by atoms with Crippen molar-refractivity contribution in [3.8, 4) is 0 Å². The number of fused-ring (bicyclic) bond motifs is 1. The molecule has 0 aromatic heterocycles. The molecule has 1 fully saturated rings. The van der Waals surface area contributed by atoms with Gasteiger partial charge in [0.15, 0.2) is 0 Å². The molecule has 9 heteroatoms. The summed E-state index contributed by atoms with van der Waals surface area (Å²) in [4.78, 5) is 40.0. The number of hydrogen-bond acceptors (Lipinski definition) is 6. The number of aryl methyl sites for hydroxylation is 1. The number of nitrogens with zero attached hydrogens (tertiary/aromatic N) is 5. The fourth-order valence-corrected chi connectivity index (χ4v) is 4.56. The molecule has 4 rings (SSSR count). The second-order valence-corrected chi connectivity index (χ2v) is 9.70. The number of carbonyl (C=O) groups is 2. The van der Waals surface area contributed by atoms with E-state index in [0.29, 0.717) is 12.2 Å². The standard InChI is InChI=1S/C27H37N7O2/c1-6-12-34-23-18-21(31(3)4)10-11-22(23)25(33-15-13-32(5)14-16-33)29-24(26(34)35)30-27(36)28-20-9-7-8-19(2)17-20/h7-11,17-18,24H,6,12-16H2,1-5H3,(H2,28,30,36)/t24-/m0/s1. The van der Waals surface area contributed by atoms with Crippen molar-refractivity contribution in [2.24, 2.45) is 4.99 Å². The van der Waals surface area contributed by atoms with Gasteiger partial charge in [-0.15, -0.1) is 0 Å². The van der Waals surface area contributed by atoms with E-state index in [2.05, 4.69) is 33.5 Å². The SMILES string of the molecule is CCCN1C(=O)[C@H](NC(=O)Nc2cccc(C)c2)N=C(N2CCN(C)CC2)c2ccc(N(C)C)cc21. The van der Waals surface area contributed by atoms with Crippen LogP contribution in [0.5, 0.6) is 0 Å². The van der Waals surface area contributed by atoms with Crippen LogP contribution in [-0.2, 0) is 4.79 Å². The van der Waals surface area contributed by atoms with Crippen LogP contribution in [0.25, 0.3) is 0 Å². The van der Waals surface area contributed by atoms with Crippen molar-refractivity contribution in [3.63, 3.8) is 0 Å². The first-order valence-electron chi connectivity index (χ1n) is 12.6. The van der Waals surface area contributed by atoms with Gasteiger partial charge in [-0.3, -0.25) is 4.79 Å². The van der Waals surface area contributed by atoms with Crippen LogP contribution < -0.4 is 20.4 Å². The predicted octanol–water partition coefficient (Wildman–Crippen LogP) is 2.96. The number of nitrogens with one attached hydrogen (secondary N) is 2. The van der Waals surface area contributed by atoms with Gasteiger partial charge in [0.25, 0.3) is 5.91 Å². The average molecular weight is 492 g/mol. The lowest BCUT2D eigenvalue weighted by Gasteiger charge is -2.35. The van der Waals surface area contributed by atoms with Gasteiger partial charge in [-0.05, 0) is 56.3 Å². The number of likely N-dealkylation sites (N-methyl/N-ethyl adjacent to an activating group) is 1. The van der Waals surface area contributed by atoms with Gasteiger partial charge in [0.1, 0.15) is 5.84 Å². The molecule has 0 spiro atoms. The summed E-state index contributed by atoms with van der Waals surface area (Å²) in [6.07, 6.45) is -0.255. The summed E-state index contributed by atoms with van der Waals surface area (Å²) in [6, 6.07) is 13.2. The lowest BCUT2D eigenvalue weighted by molar-refractivity contribution is -0.120. The van der Waals surface area contributed by atoms with Crippen molar-refractivity contribution in [1.82, 2.24) is 15.1 Å². The molecule has 2 N–H and O–H groups in total. The van der Waals surface area contributed by atoms with E-state index in [1.165, 1.54) is 0 Å². The molecule has 36 heavy (non-hydrogen) atoms. The molecular weight excluding hydrogens is 454 g/mol. The number of urea groups is 1. The molecule has 2 aliphatic heterocycles. The van der Waals surface area contributed by atoms with E-state index in [0.717, 1.165) is 60.9 Å². The molecular formula is C27H37N7O2. The summed E-state index contributed by atoms with van der Waals surface area (Å²) in [5.41, 5.74) is 4.45. The minimum atomic E-state index is -1.04. The lowest BCUT2D eigenvalue weighted by atomic mass is 10.1. The first-order valence-corrected chi connectivity index (χ1v) is 12.6. The van der Waals surface area contributed by atoms with Crippen molar-refractivity contribution < 1.29 is 9.59 Å². The molecule has 2 aliphatic rings. The number of amides is 3. The maximum atomic E-state index is 13.8. The Hall–Kier alpha value is -3.59. The zero-order valence-electron chi connectivity index (χ0n) is 21.9. The van der Waals surface area contributed by atoms with E-state index >= 15 is 0 Å². The Morgan fingerprint density at radius 2 is 1.86 bits per heavy atom. The highest BCUT2D eigenvalue weighted by molar-refractivity contribution is 6.13. The molecule has 0 bridgehead atoms. The minimum absolute atomic E-state index is 0.238. The molecule has 1 atom stereocenters. The fourth-order valence-electron chi connectivity index (χ4n) is 4.56. The lowest BCUT2D eigenvalue weighted by Crippen LogP contribution is -2.50. The zero-order valence-corrected chi connectivity index (χ0v) is 21.9. The van der Waals surface area contributed by atoms with Crippen molar-refractivity contribution in [2.45, 2.75) is 26.4 Å². The zero-order chi connectivity index (χ0) is 25.8. The third-order valence-corrected chi connectivity index (χ3v) is 6.57. The van der Waals surface area contributed by atoms with Gasteiger partial charge in [0.05, 0.1) is 5.69 Å². The highest BCUT2D eigenvalue weighted by Gasteiger charge is 2.35. The highest BCUT2D eigenvalue weighted by atomic mass is 16.2. The average Bonchev–Trinajstić information content (AvgIpc) is 2.95. The highest BCUT2D eigenvalue weighted by Crippen LogP contribution is 2.31. The van der Waals surface area contributed by atoms with E-state index in [-0.39, 0.29) is 5.91 Å². The Bertz CT molecular complexity index is 1140. The summed E-state index contributed by atoms with van der Waals surface area (Å²) >= 11 is 0. The second kappa shape index (κ2) is 11.0. The molecule has 1 saturated heterocycles. The minimum Gasteiger partial charge on any atom is -0.378 e. The molecule has 3 amide bonds. The summed E-state index contributed by atoms with van der Waals surface area (Å²) in [5, 5.41) is 5.69. The van der Waals surface area contributed by atoms with Crippen LogP contribution in [-0.4, -0.2) is 87.6 Å². The van der Waals surface area contributed by atoms with Gasteiger partial charge in [-0.2, -0.15) is 0 Å². The molecule has 0 aliphatic carbocycles. The molecule has 9 nitrogen and oxygen atoms in total. The fraction of sp³-hybridized carbons (Fsp3) is 0.444. The molecule has 2 heterocycles. The van der Waals surface area contributed by atoms with Crippen LogP contribution in [0.15, 0.2) is 47.5 Å². The molecule has 0 radical (unpaired) electrons. The molecule has 0 unspecified atom stereocenters. The number of piperazine rings is 1. The third kappa shape index (κ3) is 5.62. The van der Waals surface area contributed by atoms with E-state index in [9.17, 15) is 9.59 Å². The number of amidine groups is 1. The molecule has 0 saturated carbocycles.